The van der Waals surface area contributed by atoms with Crippen molar-refractivity contribution < 1.29 is 31.4 Å². The average Bonchev–Trinajstić information content (AvgIpc) is 3.08. The van der Waals surface area contributed by atoms with Gasteiger partial charge >= 0.3 is 12.4 Å². The Morgan fingerprint density at radius 3 is 2.16 bits per heavy atom. The number of halogens is 6. The second-order valence-corrected chi connectivity index (χ2v) is 7.79. The van der Waals surface area contributed by atoms with E-state index in [1.807, 2.05) is 17.0 Å². The fourth-order valence-corrected chi connectivity index (χ4v) is 3.88. The van der Waals surface area contributed by atoms with Gasteiger partial charge < -0.3 is 20.8 Å². The standard InChI is InChI=1S/C22H21F6N3O/c1-13(30)18(11-29)15-4-7-19-16(10-15)8-9-31(19)12-14-2-5-17(6-3-14)20(32,21(23,24)25)22(26,27)28/h2-7,10-11,18,29-30,32H,8-9,12H2,1H3. The van der Waals surface area contributed by atoms with E-state index in [1.54, 1.807) is 13.0 Å². The molecule has 3 N–H and O–H groups in total. The lowest BCUT2D eigenvalue weighted by Gasteiger charge is -2.32. The van der Waals surface area contributed by atoms with Gasteiger partial charge in [0, 0.05) is 36.3 Å². The first-order valence-corrected chi connectivity index (χ1v) is 9.68. The highest BCUT2D eigenvalue weighted by Gasteiger charge is 2.71. The summed E-state index contributed by atoms with van der Waals surface area (Å²) < 4.78 is 78.2. The van der Waals surface area contributed by atoms with Crippen molar-refractivity contribution in [1.29, 1.82) is 10.8 Å². The zero-order valence-electron chi connectivity index (χ0n) is 17.0. The maximum absolute atomic E-state index is 13.0. The van der Waals surface area contributed by atoms with E-state index >= 15 is 0 Å². The van der Waals surface area contributed by atoms with E-state index < -0.39 is 29.4 Å². The van der Waals surface area contributed by atoms with Gasteiger partial charge in [0.25, 0.3) is 5.60 Å². The molecule has 0 aliphatic carbocycles. The number of nitrogens with zero attached hydrogens (tertiary/aromatic N) is 1. The molecule has 1 atom stereocenters. The lowest BCUT2D eigenvalue weighted by molar-refractivity contribution is -0.376. The molecule has 0 spiro atoms. The third kappa shape index (κ3) is 4.11. The van der Waals surface area contributed by atoms with Crippen molar-refractivity contribution in [3.05, 3.63) is 64.7 Å². The summed E-state index contributed by atoms with van der Waals surface area (Å²) in [4.78, 5) is 1.95. The molecule has 0 radical (unpaired) electrons. The number of alkyl halides is 6. The largest absolute Gasteiger partial charge is 0.430 e. The van der Waals surface area contributed by atoms with Crippen molar-refractivity contribution in [3.63, 3.8) is 0 Å². The average molecular weight is 457 g/mol. The molecule has 0 amide bonds. The molecule has 1 aliphatic rings. The minimum atomic E-state index is -5.92. The highest BCUT2D eigenvalue weighted by Crippen LogP contribution is 2.50. The normalized spacial score (nSPS) is 15.4. The minimum Gasteiger partial charge on any atom is -0.369 e. The predicted octanol–water partition coefficient (Wildman–Crippen LogP) is 5.33. The molecule has 32 heavy (non-hydrogen) atoms. The Bertz CT molecular complexity index is 1000. The Kier molecular flexibility index (Phi) is 6.12. The van der Waals surface area contributed by atoms with E-state index in [0.29, 0.717) is 36.4 Å². The van der Waals surface area contributed by atoms with E-state index in [9.17, 15) is 31.4 Å². The van der Waals surface area contributed by atoms with Crippen LogP contribution in [0.15, 0.2) is 42.5 Å². The van der Waals surface area contributed by atoms with Crippen LogP contribution < -0.4 is 4.90 Å². The zero-order valence-corrected chi connectivity index (χ0v) is 17.0. The maximum atomic E-state index is 13.0. The molecule has 172 valence electrons. The minimum absolute atomic E-state index is 0.265. The van der Waals surface area contributed by atoms with Crippen LogP contribution in [0.3, 0.4) is 0 Å². The molecule has 0 bridgehead atoms. The molecule has 4 nitrogen and oxygen atoms in total. The summed E-state index contributed by atoms with van der Waals surface area (Å²) in [6, 6.07) is 9.16. The lowest BCUT2D eigenvalue weighted by atomic mass is 9.91. The Hall–Kier alpha value is -2.88. The second-order valence-electron chi connectivity index (χ2n) is 7.79. The first-order valence-electron chi connectivity index (χ1n) is 9.68. The topological polar surface area (TPSA) is 71.2 Å². The Balaban J connectivity index is 1.82. The van der Waals surface area contributed by atoms with Gasteiger partial charge in [-0.15, -0.1) is 0 Å². The molecule has 10 heteroatoms. The molecule has 0 aromatic heterocycles. The van der Waals surface area contributed by atoms with Crippen LogP contribution in [0.1, 0.15) is 35.1 Å². The number of benzene rings is 2. The van der Waals surface area contributed by atoms with Crippen LogP contribution in [0.4, 0.5) is 32.0 Å². The molecule has 0 fully saturated rings. The molecular formula is C22H21F6N3O. The molecule has 2 aromatic rings. The van der Waals surface area contributed by atoms with Crippen LogP contribution in [0.25, 0.3) is 0 Å². The lowest BCUT2D eigenvalue weighted by Crippen LogP contribution is -2.53. The quantitative estimate of drug-likeness (QED) is 0.405. The molecule has 1 aliphatic heterocycles. The van der Waals surface area contributed by atoms with Gasteiger partial charge in [0.05, 0.1) is 5.92 Å². The van der Waals surface area contributed by atoms with Crippen LogP contribution in [0.5, 0.6) is 0 Å². The van der Waals surface area contributed by atoms with E-state index in [1.165, 1.54) is 6.21 Å². The molecule has 0 saturated carbocycles. The van der Waals surface area contributed by atoms with Gasteiger partial charge in [-0.25, -0.2) is 0 Å². The van der Waals surface area contributed by atoms with E-state index in [-0.39, 0.29) is 6.54 Å². The number of aliphatic hydroxyl groups is 1. The number of nitrogens with one attached hydrogen (secondary N) is 2. The van der Waals surface area contributed by atoms with Crippen molar-refractivity contribution in [2.75, 3.05) is 11.4 Å². The van der Waals surface area contributed by atoms with Crippen LogP contribution in [-0.2, 0) is 18.6 Å². The maximum Gasteiger partial charge on any atom is 0.430 e. The Morgan fingerprint density at radius 2 is 1.66 bits per heavy atom. The molecule has 1 unspecified atom stereocenters. The third-order valence-electron chi connectivity index (χ3n) is 5.65. The van der Waals surface area contributed by atoms with Gasteiger partial charge in [0.2, 0.25) is 0 Å². The fraction of sp³-hybridized carbons (Fsp3) is 0.364. The number of fused-ring (bicyclic) bond motifs is 1. The first-order chi connectivity index (χ1) is 14.8. The van der Waals surface area contributed by atoms with Crippen molar-refractivity contribution in [3.8, 4) is 0 Å². The molecule has 2 aromatic carbocycles. The zero-order chi connectivity index (χ0) is 23.9. The SMILES string of the molecule is CC(=N)C(C=N)c1ccc2c(c1)CCN2Cc1ccc(C(O)(C(F)(F)F)C(F)(F)F)cc1. The monoisotopic (exact) mass is 457 g/mol. The van der Waals surface area contributed by atoms with Crippen LogP contribution in [0.2, 0.25) is 0 Å². The summed E-state index contributed by atoms with van der Waals surface area (Å²) in [6.45, 7) is 2.49. The summed E-state index contributed by atoms with van der Waals surface area (Å²) >= 11 is 0. The van der Waals surface area contributed by atoms with Crippen molar-refractivity contribution >= 4 is 17.6 Å². The van der Waals surface area contributed by atoms with Crippen molar-refractivity contribution in [1.82, 2.24) is 0 Å². The Morgan fingerprint density at radius 1 is 1.06 bits per heavy atom. The first kappa shape index (κ1) is 23.8. The van der Waals surface area contributed by atoms with Crippen molar-refractivity contribution in [2.45, 2.75) is 43.8 Å². The predicted molar refractivity (Wildman–Crippen MR) is 109 cm³/mol. The molecule has 1 heterocycles. The van der Waals surface area contributed by atoms with Crippen molar-refractivity contribution in [2.24, 2.45) is 0 Å². The fourth-order valence-electron chi connectivity index (χ4n) is 3.88. The Labute approximate surface area is 180 Å². The smallest absolute Gasteiger partial charge is 0.369 e. The summed E-state index contributed by atoms with van der Waals surface area (Å²) in [5.41, 5.74) is -2.70. The second kappa shape index (κ2) is 8.23. The number of rotatable bonds is 6. The van der Waals surface area contributed by atoms with Gasteiger partial charge in [-0.1, -0.05) is 36.4 Å². The number of hydrogen-bond acceptors (Lipinski definition) is 4. The number of anilines is 1. The van der Waals surface area contributed by atoms with Gasteiger partial charge in [-0.2, -0.15) is 26.3 Å². The van der Waals surface area contributed by atoms with E-state index in [0.717, 1.165) is 28.9 Å². The van der Waals surface area contributed by atoms with Crippen LogP contribution >= 0.6 is 0 Å². The van der Waals surface area contributed by atoms with Gasteiger partial charge in [0.1, 0.15) is 0 Å². The van der Waals surface area contributed by atoms with Crippen LogP contribution in [0, 0.1) is 10.8 Å². The summed E-state index contributed by atoms with van der Waals surface area (Å²) in [6.07, 6.45) is -9.95. The summed E-state index contributed by atoms with van der Waals surface area (Å²) in [7, 11) is 0. The van der Waals surface area contributed by atoms with E-state index in [2.05, 4.69) is 0 Å². The highest BCUT2D eigenvalue weighted by molar-refractivity contribution is 6.00. The van der Waals surface area contributed by atoms with E-state index in [4.69, 9.17) is 10.8 Å². The highest BCUT2D eigenvalue weighted by atomic mass is 19.4. The van der Waals surface area contributed by atoms with Gasteiger partial charge in [-0.05, 0) is 36.1 Å². The summed E-state index contributed by atoms with van der Waals surface area (Å²) in [5.74, 6) is -0.414. The van der Waals surface area contributed by atoms with Gasteiger partial charge in [0.15, 0.2) is 0 Å². The van der Waals surface area contributed by atoms with Gasteiger partial charge in [-0.3, -0.25) is 0 Å². The molecular weight excluding hydrogens is 436 g/mol. The third-order valence-corrected chi connectivity index (χ3v) is 5.65. The molecule has 0 saturated heterocycles. The number of hydrogen-bond donors (Lipinski definition) is 3. The summed E-state index contributed by atoms with van der Waals surface area (Å²) in [5, 5.41) is 24.8. The molecule has 3 rings (SSSR count). The van der Waals surface area contributed by atoms with Crippen LogP contribution in [-0.4, -0.2) is 35.9 Å².